The molecule has 0 unspecified atom stereocenters. The Balaban J connectivity index is 3.29. The highest BCUT2D eigenvalue weighted by Crippen LogP contribution is 2.23. The summed E-state index contributed by atoms with van der Waals surface area (Å²) in [5.74, 6) is -0.429. The minimum Gasteiger partial charge on any atom is -0.397 e. The van der Waals surface area contributed by atoms with Crippen LogP contribution in [0.3, 0.4) is 0 Å². The lowest BCUT2D eigenvalue weighted by atomic mass is 10.1. The molecule has 4 heteroatoms. The third-order valence-electron chi connectivity index (χ3n) is 1.79. The summed E-state index contributed by atoms with van der Waals surface area (Å²) in [6.45, 7) is 1.58. The number of nitrogens with zero attached hydrogens (tertiary/aromatic N) is 1. The van der Waals surface area contributed by atoms with Crippen molar-refractivity contribution in [3.05, 3.63) is 40.2 Å². The highest BCUT2D eigenvalue weighted by Gasteiger charge is 2.06. The van der Waals surface area contributed by atoms with Crippen LogP contribution < -0.4 is 5.73 Å². The van der Waals surface area contributed by atoms with Crippen LogP contribution in [0.15, 0.2) is 23.8 Å². The molecule has 0 fully saturated rings. The lowest BCUT2D eigenvalue weighted by Gasteiger charge is -2.04. The number of allylic oxidation sites excluding steroid dienone is 1. The van der Waals surface area contributed by atoms with E-state index in [1.165, 1.54) is 12.1 Å². The number of rotatable bonds is 1. The standard InChI is InChI=1S/C10H8ClFN2/c1-6(5-13)10(14)8-3-2-7(12)4-9(8)11/h2-4H,14H2,1H3/b10-6-. The van der Waals surface area contributed by atoms with Gasteiger partial charge in [-0.05, 0) is 25.1 Å². The minimum absolute atomic E-state index is 0.206. The van der Waals surface area contributed by atoms with Crippen LogP contribution in [-0.4, -0.2) is 0 Å². The van der Waals surface area contributed by atoms with Gasteiger partial charge >= 0.3 is 0 Å². The first kappa shape index (κ1) is 10.6. The van der Waals surface area contributed by atoms with Gasteiger partial charge in [0.25, 0.3) is 0 Å². The van der Waals surface area contributed by atoms with Gasteiger partial charge in [0.15, 0.2) is 0 Å². The Kier molecular flexibility index (Phi) is 3.10. The van der Waals surface area contributed by atoms with Crippen LogP contribution in [-0.2, 0) is 0 Å². The molecule has 0 aliphatic carbocycles. The summed E-state index contributed by atoms with van der Waals surface area (Å²) in [4.78, 5) is 0. The van der Waals surface area contributed by atoms with Crippen molar-refractivity contribution in [1.29, 1.82) is 5.26 Å². The molecule has 0 saturated heterocycles. The van der Waals surface area contributed by atoms with Gasteiger partial charge in [0.1, 0.15) is 5.82 Å². The number of nitrogens with two attached hydrogens (primary N) is 1. The lowest BCUT2D eigenvalue weighted by Crippen LogP contribution is -2.00. The van der Waals surface area contributed by atoms with Gasteiger partial charge in [-0.25, -0.2) is 4.39 Å². The van der Waals surface area contributed by atoms with E-state index in [4.69, 9.17) is 22.6 Å². The molecule has 1 aromatic carbocycles. The zero-order valence-corrected chi connectivity index (χ0v) is 8.27. The maximum atomic E-state index is 12.7. The van der Waals surface area contributed by atoms with Gasteiger partial charge in [0.2, 0.25) is 0 Å². The predicted molar refractivity (Wildman–Crippen MR) is 53.8 cm³/mol. The first-order valence-corrected chi connectivity index (χ1v) is 4.26. The molecular weight excluding hydrogens is 203 g/mol. The topological polar surface area (TPSA) is 49.8 Å². The fourth-order valence-corrected chi connectivity index (χ4v) is 1.24. The van der Waals surface area contributed by atoms with E-state index in [1.54, 1.807) is 6.92 Å². The van der Waals surface area contributed by atoms with Crippen molar-refractivity contribution < 1.29 is 4.39 Å². The van der Waals surface area contributed by atoms with E-state index in [9.17, 15) is 4.39 Å². The van der Waals surface area contributed by atoms with E-state index in [0.29, 0.717) is 11.1 Å². The normalized spacial score (nSPS) is 11.9. The monoisotopic (exact) mass is 210 g/mol. The lowest BCUT2D eigenvalue weighted by molar-refractivity contribution is 0.628. The summed E-state index contributed by atoms with van der Waals surface area (Å²) in [5.41, 5.74) is 6.76. The second kappa shape index (κ2) is 4.12. The number of hydrogen-bond donors (Lipinski definition) is 1. The SMILES string of the molecule is C/C(C#N)=C(/N)c1ccc(F)cc1Cl. The smallest absolute Gasteiger partial charge is 0.124 e. The highest BCUT2D eigenvalue weighted by atomic mass is 35.5. The maximum absolute atomic E-state index is 12.7. The van der Waals surface area contributed by atoms with Crippen LogP contribution in [0.4, 0.5) is 4.39 Å². The molecule has 0 aliphatic rings. The van der Waals surface area contributed by atoms with Crippen LogP contribution >= 0.6 is 11.6 Å². The van der Waals surface area contributed by atoms with Crippen molar-refractivity contribution in [3.8, 4) is 6.07 Å². The molecule has 0 atom stereocenters. The van der Waals surface area contributed by atoms with Gasteiger partial charge in [-0.15, -0.1) is 0 Å². The summed E-state index contributed by atoms with van der Waals surface area (Å²) in [6, 6.07) is 5.77. The second-order valence-electron chi connectivity index (χ2n) is 2.77. The van der Waals surface area contributed by atoms with Gasteiger partial charge in [-0.3, -0.25) is 0 Å². The Morgan fingerprint density at radius 2 is 2.21 bits per heavy atom. The first-order valence-electron chi connectivity index (χ1n) is 3.88. The molecule has 0 bridgehead atoms. The molecule has 0 radical (unpaired) electrons. The largest absolute Gasteiger partial charge is 0.397 e. The molecular formula is C10H8ClFN2. The Labute approximate surface area is 86.4 Å². The summed E-state index contributed by atoms with van der Waals surface area (Å²) in [7, 11) is 0. The van der Waals surface area contributed by atoms with Crippen LogP contribution in [0.5, 0.6) is 0 Å². The minimum atomic E-state index is -0.429. The van der Waals surface area contributed by atoms with Gasteiger partial charge in [0, 0.05) is 11.1 Å². The van der Waals surface area contributed by atoms with Crippen molar-refractivity contribution >= 4 is 17.3 Å². The van der Waals surface area contributed by atoms with Gasteiger partial charge in [-0.2, -0.15) is 5.26 Å². The third kappa shape index (κ3) is 2.04. The van der Waals surface area contributed by atoms with Crippen molar-refractivity contribution in [3.63, 3.8) is 0 Å². The average Bonchev–Trinajstić information content (AvgIpc) is 2.15. The molecule has 0 amide bonds. The molecule has 72 valence electrons. The van der Waals surface area contributed by atoms with Crippen molar-refractivity contribution in [2.75, 3.05) is 0 Å². The summed E-state index contributed by atoms with van der Waals surface area (Å²) in [5, 5.41) is 8.81. The Bertz CT molecular complexity index is 432. The summed E-state index contributed by atoms with van der Waals surface area (Å²) >= 11 is 5.76. The quantitative estimate of drug-likeness (QED) is 0.725. The van der Waals surface area contributed by atoms with Crippen LogP contribution in [0.2, 0.25) is 5.02 Å². The van der Waals surface area contributed by atoms with Gasteiger partial charge < -0.3 is 5.73 Å². The molecule has 0 saturated carbocycles. The molecule has 2 nitrogen and oxygen atoms in total. The number of halogens is 2. The van der Waals surface area contributed by atoms with E-state index in [1.807, 2.05) is 6.07 Å². The van der Waals surface area contributed by atoms with E-state index in [0.717, 1.165) is 6.07 Å². The number of nitriles is 1. The summed E-state index contributed by atoms with van der Waals surface area (Å²) < 4.78 is 12.7. The fraction of sp³-hybridized carbons (Fsp3) is 0.100. The van der Waals surface area contributed by atoms with Crippen LogP contribution in [0.1, 0.15) is 12.5 Å². The molecule has 14 heavy (non-hydrogen) atoms. The second-order valence-corrected chi connectivity index (χ2v) is 3.18. The Morgan fingerprint density at radius 3 is 2.71 bits per heavy atom. The number of hydrogen-bond acceptors (Lipinski definition) is 2. The fourth-order valence-electron chi connectivity index (χ4n) is 0.970. The third-order valence-corrected chi connectivity index (χ3v) is 2.11. The molecule has 2 N–H and O–H groups in total. The molecule has 1 rings (SSSR count). The first-order chi connectivity index (χ1) is 6.56. The number of benzene rings is 1. The zero-order chi connectivity index (χ0) is 10.7. The van der Waals surface area contributed by atoms with Crippen molar-refractivity contribution in [2.24, 2.45) is 5.73 Å². The van der Waals surface area contributed by atoms with Crippen LogP contribution in [0, 0.1) is 17.1 Å². The predicted octanol–water partition coefficient (Wildman–Crippen LogP) is 2.69. The maximum Gasteiger partial charge on any atom is 0.124 e. The van der Waals surface area contributed by atoms with E-state index in [-0.39, 0.29) is 10.7 Å². The van der Waals surface area contributed by atoms with E-state index >= 15 is 0 Å². The zero-order valence-electron chi connectivity index (χ0n) is 7.51. The Morgan fingerprint density at radius 1 is 1.57 bits per heavy atom. The Hall–Kier alpha value is -1.53. The van der Waals surface area contributed by atoms with Crippen LogP contribution in [0.25, 0.3) is 5.70 Å². The van der Waals surface area contributed by atoms with E-state index in [2.05, 4.69) is 0 Å². The van der Waals surface area contributed by atoms with Crippen molar-refractivity contribution in [2.45, 2.75) is 6.92 Å². The highest BCUT2D eigenvalue weighted by molar-refractivity contribution is 6.32. The van der Waals surface area contributed by atoms with Gasteiger partial charge in [-0.1, -0.05) is 11.6 Å². The molecule has 0 heterocycles. The van der Waals surface area contributed by atoms with Gasteiger partial charge in [0.05, 0.1) is 16.8 Å². The molecule has 0 spiro atoms. The summed E-state index contributed by atoms with van der Waals surface area (Å²) in [6.07, 6.45) is 0. The molecule has 0 aromatic heterocycles. The average molecular weight is 211 g/mol. The molecule has 1 aromatic rings. The van der Waals surface area contributed by atoms with E-state index < -0.39 is 5.82 Å². The molecule has 0 aliphatic heterocycles. The van der Waals surface area contributed by atoms with Crippen molar-refractivity contribution in [1.82, 2.24) is 0 Å².